The molecule has 0 aromatic carbocycles. The Morgan fingerprint density at radius 2 is 1.16 bits per heavy atom. The fourth-order valence-electron chi connectivity index (χ4n) is 4.30. The molecule has 0 aliphatic carbocycles. The summed E-state index contributed by atoms with van der Waals surface area (Å²) < 4.78 is 16.9. The Balaban J connectivity index is 4.59. The lowest BCUT2D eigenvalue weighted by molar-refractivity contribution is -0.889. The number of carbonyl (C=O) groups is 3. The SMILES string of the molecule is CC/C=C/C/C=C/C/C=C/CCCCC(=O)OCC(COCCC(C(=O)[O-])[N+](C)(C)C)OC(=O)CCCC/C=C/C/C=C/CC. The van der Waals surface area contributed by atoms with Gasteiger partial charge in [0.25, 0.3) is 0 Å². The number of ether oxygens (including phenoxy) is 3. The van der Waals surface area contributed by atoms with Crippen LogP contribution < -0.4 is 5.11 Å². The lowest BCUT2D eigenvalue weighted by Crippen LogP contribution is -2.55. The lowest BCUT2D eigenvalue weighted by atomic mass is 10.1. The van der Waals surface area contributed by atoms with E-state index in [2.05, 4.69) is 74.6 Å². The Labute approximate surface area is 273 Å². The molecule has 0 aromatic rings. The van der Waals surface area contributed by atoms with Crippen LogP contribution in [0.5, 0.6) is 0 Å². The molecule has 0 radical (unpaired) electrons. The predicted octanol–water partition coefficient (Wildman–Crippen LogP) is 6.56. The van der Waals surface area contributed by atoms with E-state index in [0.29, 0.717) is 12.8 Å². The van der Waals surface area contributed by atoms with Gasteiger partial charge in [0.1, 0.15) is 12.6 Å². The van der Waals surface area contributed by atoms with Crippen LogP contribution in [0.1, 0.15) is 104 Å². The molecule has 0 rings (SSSR count). The molecule has 0 amide bonds. The van der Waals surface area contributed by atoms with E-state index in [0.717, 1.165) is 57.8 Å². The average Bonchev–Trinajstić information content (AvgIpc) is 2.98. The molecule has 8 heteroatoms. The summed E-state index contributed by atoms with van der Waals surface area (Å²) in [5, 5.41) is 11.5. The van der Waals surface area contributed by atoms with Crippen LogP contribution in [0.4, 0.5) is 0 Å². The molecule has 0 N–H and O–H groups in total. The van der Waals surface area contributed by atoms with Gasteiger partial charge in [-0.15, -0.1) is 0 Å². The number of allylic oxidation sites excluding steroid dienone is 10. The highest BCUT2D eigenvalue weighted by molar-refractivity contribution is 5.70. The highest BCUT2D eigenvalue weighted by Crippen LogP contribution is 2.10. The number of carboxylic acids is 1. The summed E-state index contributed by atoms with van der Waals surface area (Å²) in [4.78, 5) is 36.4. The van der Waals surface area contributed by atoms with Gasteiger partial charge in [-0.3, -0.25) is 9.59 Å². The minimum atomic E-state index is -1.14. The van der Waals surface area contributed by atoms with Gasteiger partial charge in [-0.05, 0) is 70.6 Å². The van der Waals surface area contributed by atoms with Crippen LogP contribution in [-0.4, -0.2) is 75.5 Å². The van der Waals surface area contributed by atoms with Gasteiger partial charge in [0.15, 0.2) is 6.10 Å². The van der Waals surface area contributed by atoms with Crippen molar-refractivity contribution in [2.45, 2.75) is 116 Å². The number of nitrogens with zero attached hydrogens (tertiary/aromatic N) is 1. The summed E-state index contributed by atoms with van der Waals surface area (Å²) in [5.74, 6) is -1.85. The van der Waals surface area contributed by atoms with Gasteiger partial charge >= 0.3 is 11.9 Å². The second-order valence-corrected chi connectivity index (χ2v) is 12.0. The zero-order valence-electron chi connectivity index (χ0n) is 28.8. The lowest BCUT2D eigenvalue weighted by Gasteiger charge is -2.34. The van der Waals surface area contributed by atoms with Crippen LogP contribution in [0.15, 0.2) is 60.8 Å². The molecule has 45 heavy (non-hydrogen) atoms. The number of carboxylic acid groups (broad SMARTS) is 1. The van der Waals surface area contributed by atoms with E-state index in [1.54, 1.807) is 21.1 Å². The average molecular weight is 632 g/mol. The van der Waals surface area contributed by atoms with Crippen LogP contribution in [0.3, 0.4) is 0 Å². The number of likely N-dealkylation sites (N-methyl/N-ethyl adjacent to an activating group) is 1. The number of aliphatic carboxylic acids is 1. The van der Waals surface area contributed by atoms with E-state index in [1.807, 2.05) is 0 Å². The molecule has 0 fully saturated rings. The van der Waals surface area contributed by atoms with Crippen molar-refractivity contribution in [3.05, 3.63) is 60.8 Å². The summed E-state index contributed by atoms with van der Waals surface area (Å²) >= 11 is 0. The van der Waals surface area contributed by atoms with E-state index in [9.17, 15) is 19.5 Å². The second-order valence-electron chi connectivity index (χ2n) is 12.0. The molecule has 2 unspecified atom stereocenters. The molecule has 8 nitrogen and oxygen atoms in total. The third kappa shape index (κ3) is 27.1. The first-order valence-electron chi connectivity index (χ1n) is 16.8. The second kappa shape index (κ2) is 28.5. The molecular formula is C37H61NO7. The molecular weight excluding hydrogens is 570 g/mol. The first-order valence-corrected chi connectivity index (χ1v) is 16.8. The Morgan fingerprint density at radius 1 is 0.667 bits per heavy atom. The Hall–Kier alpha value is -2.97. The zero-order chi connectivity index (χ0) is 33.6. The summed E-state index contributed by atoms with van der Waals surface area (Å²) in [6.45, 7) is 4.29. The number of quaternary nitrogens is 1. The third-order valence-electron chi connectivity index (χ3n) is 6.90. The van der Waals surface area contributed by atoms with Crippen LogP contribution in [0.2, 0.25) is 0 Å². The quantitative estimate of drug-likeness (QED) is 0.0417. The van der Waals surface area contributed by atoms with Gasteiger partial charge in [-0.25, -0.2) is 0 Å². The maximum absolute atomic E-state index is 12.5. The van der Waals surface area contributed by atoms with Gasteiger partial charge in [0.2, 0.25) is 0 Å². The van der Waals surface area contributed by atoms with Crippen molar-refractivity contribution in [1.82, 2.24) is 0 Å². The minimum Gasteiger partial charge on any atom is -0.544 e. The van der Waals surface area contributed by atoms with Crippen molar-refractivity contribution in [3.63, 3.8) is 0 Å². The van der Waals surface area contributed by atoms with E-state index in [-0.39, 0.29) is 55.5 Å². The molecule has 0 aromatic heterocycles. The molecule has 0 bridgehead atoms. The Kier molecular flexibility index (Phi) is 26.6. The smallest absolute Gasteiger partial charge is 0.306 e. The standard InChI is InChI=1S/C37H61NO7/c1-6-8-10-12-14-16-17-18-20-21-23-25-27-35(39)44-32-33(31-43-30-29-34(37(41)42)38(3,4)5)45-36(40)28-26-24-22-19-15-13-11-9-7-2/h8-11,14-16,18-20,33-34H,6-7,12-13,17,21-32H2,1-5H3/b10-8+,11-9+,16-14+,19-15+,20-18+. The molecule has 0 heterocycles. The molecule has 0 saturated carbocycles. The molecule has 0 aliphatic heterocycles. The topological polar surface area (TPSA) is 102 Å². The Bertz CT molecular complexity index is 928. The van der Waals surface area contributed by atoms with Gasteiger partial charge < -0.3 is 28.6 Å². The number of carbonyl (C=O) groups excluding carboxylic acids is 3. The number of esters is 2. The normalized spacial score (nSPS) is 13.9. The molecule has 0 saturated heterocycles. The largest absolute Gasteiger partial charge is 0.544 e. The molecule has 0 spiro atoms. The Morgan fingerprint density at radius 3 is 1.64 bits per heavy atom. The van der Waals surface area contributed by atoms with Crippen molar-refractivity contribution < 1.29 is 38.2 Å². The minimum absolute atomic E-state index is 0.0120. The highest BCUT2D eigenvalue weighted by Gasteiger charge is 2.25. The van der Waals surface area contributed by atoms with Crippen LogP contribution in [0.25, 0.3) is 0 Å². The number of hydrogen-bond acceptors (Lipinski definition) is 7. The van der Waals surface area contributed by atoms with Crippen LogP contribution in [-0.2, 0) is 28.6 Å². The maximum atomic E-state index is 12.5. The fraction of sp³-hybridized carbons (Fsp3) is 0.649. The van der Waals surface area contributed by atoms with E-state index >= 15 is 0 Å². The number of hydrogen-bond donors (Lipinski definition) is 0. The first kappa shape index (κ1) is 42.0. The molecule has 0 aliphatic rings. The third-order valence-corrected chi connectivity index (χ3v) is 6.90. The van der Waals surface area contributed by atoms with Crippen LogP contribution in [0, 0.1) is 0 Å². The van der Waals surface area contributed by atoms with Gasteiger partial charge in [0.05, 0.1) is 40.3 Å². The van der Waals surface area contributed by atoms with Gasteiger partial charge in [-0.1, -0.05) is 74.6 Å². The molecule has 256 valence electrons. The van der Waals surface area contributed by atoms with Gasteiger partial charge in [-0.2, -0.15) is 0 Å². The van der Waals surface area contributed by atoms with E-state index in [4.69, 9.17) is 14.2 Å². The zero-order valence-corrected chi connectivity index (χ0v) is 28.8. The number of rotatable bonds is 28. The summed E-state index contributed by atoms with van der Waals surface area (Å²) in [6, 6.07) is -0.736. The fourth-order valence-corrected chi connectivity index (χ4v) is 4.30. The highest BCUT2D eigenvalue weighted by atomic mass is 16.6. The number of unbranched alkanes of at least 4 members (excludes halogenated alkanes) is 4. The van der Waals surface area contributed by atoms with Crippen molar-refractivity contribution in [1.29, 1.82) is 0 Å². The molecule has 2 atom stereocenters. The first-order chi connectivity index (χ1) is 21.6. The predicted molar refractivity (Wildman–Crippen MR) is 180 cm³/mol. The van der Waals surface area contributed by atoms with Crippen molar-refractivity contribution in [3.8, 4) is 0 Å². The summed E-state index contributed by atoms with van der Waals surface area (Å²) in [5.41, 5.74) is 0. The van der Waals surface area contributed by atoms with E-state index < -0.39 is 18.1 Å². The summed E-state index contributed by atoms with van der Waals surface area (Å²) in [6.07, 6.45) is 31.3. The van der Waals surface area contributed by atoms with Crippen molar-refractivity contribution in [2.75, 3.05) is 41.0 Å². The monoisotopic (exact) mass is 631 g/mol. The van der Waals surface area contributed by atoms with Crippen molar-refractivity contribution >= 4 is 17.9 Å². The van der Waals surface area contributed by atoms with Crippen molar-refractivity contribution in [2.24, 2.45) is 0 Å². The van der Waals surface area contributed by atoms with E-state index in [1.165, 1.54) is 0 Å². The van der Waals surface area contributed by atoms with Crippen LogP contribution >= 0.6 is 0 Å². The summed E-state index contributed by atoms with van der Waals surface area (Å²) in [7, 11) is 5.35. The maximum Gasteiger partial charge on any atom is 0.306 e. The van der Waals surface area contributed by atoms with Gasteiger partial charge in [0, 0.05) is 19.3 Å².